The Kier molecular flexibility index (Phi) is 7.13. The number of ether oxygens (including phenoxy) is 1. The van der Waals surface area contributed by atoms with Gasteiger partial charge in [-0.3, -0.25) is 14.9 Å². The summed E-state index contributed by atoms with van der Waals surface area (Å²) < 4.78 is 7.06. The van der Waals surface area contributed by atoms with Gasteiger partial charge >= 0.3 is 0 Å². The third-order valence-corrected chi connectivity index (χ3v) is 8.06. The fourth-order valence-electron chi connectivity index (χ4n) is 5.60. The number of benzene rings is 2. The van der Waals surface area contributed by atoms with E-state index in [1.54, 1.807) is 12.1 Å². The normalized spacial score (nSPS) is 19.1. The predicted molar refractivity (Wildman–Crippen MR) is 167 cm³/mol. The van der Waals surface area contributed by atoms with Crippen molar-refractivity contribution in [1.29, 1.82) is 0 Å². The van der Waals surface area contributed by atoms with Crippen molar-refractivity contribution in [2.24, 2.45) is 10.8 Å². The third kappa shape index (κ3) is 5.71. The SMILES string of the molecule is CC(C)(C)C1=CC2(C=C(C(C)(C)C)C1=O)Nc1cc(C(C)(C)C)cc(C(C)(C)C)c1O[C@H]2c1ccc([N+](=O)[O-])cc1. The minimum absolute atomic E-state index is 0.0211. The number of carbonyl (C=O) groups excluding carboxylic acids is 1. The highest BCUT2D eigenvalue weighted by atomic mass is 16.6. The first-order valence-electron chi connectivity index (χ1n) is 14.4. The van der Waals surface area contributed by atoms with Gasteiger partial charge in [-0.1, -0.05) is 89.2 Å². The number of non-ortho nitro benzene ring substituents is 1. The Morgan fingerprint density at radius 2 is 1.29 bits per heavy atom. The fraction of sp³-hybridized carbons (Fsp3) is 0.514. The van der Waals surface area contributed by atoms with Gasteiger partial charge in [0.15, 0.2) is 11.9 Å². The van der Waals surface area contributed by atoms with Crippen LogP contribution in [0.3, 0.4) is 0 Å². The number of nitro benzene ring substituents is 1. The standard InChI is InChI=1S/C35H46N2O4/c1-31(2,3)22-17-24(32(4,5)6)29-27(18-22)36-35(30(41-29)21-13-15-23(16-14-21)37(39)40)19-25(33(7,8)9)28(38)26(20-35)34(10,11)12/h13-20,30,36H,1-12H3/t30-/m0/s1. The van der Waals surface area contributed by atoms with Crippen molar-refractivity contribution < 1.29 is 14.5 Å². The Morgan fingerprint density at radius 1 is 0.780 bits per heavy atom. The monoisotopic (exact) mass is 558 g/mol. The van der Waals surface area contributed by atoms with Gasteiger partial charge in [-0.05, 0) is 63.1 Å². The second-order valence-corrected chi connectivity index (χ2v) is 15.8. The maximum Gasteiger partial charge on any atom is 0.269 e. The number of nitrogens with one attached hydrogen (secondary N) is 1. The van der Waals surface area contributed by atoms with Gasteiger partial charge in [-0.2, -0.15) is 0 Å². The van der Waals surface area contributed by atoms with E-state index in [9.17, 15) is 14.9 Å². The van der Waals surface area contributed by atoms with Crippen molar-refractivity contribution in [2.75, 3.05) is 5.32 Å². The summed E-state index contributed by atoms with van der Waals surface area (Å²) in [4.78, 5) is 25.0. The van der Waals surface area contributed by atoms with Gasteiger partial charge < -0.3 is 10.1 Å². The number of carbonyl (C=O) groups is 1. The van der Waals surface area contributed by atoms with Crippen LogP contribution in [0.4, 0.5) is 11.4 Å². The molecule has 0 bridgehead atoms. The summed E-state index contributed by atoms with van der Waals surface area (Å²) in [6.07, 6.45) is 3.50. The highest BCUT2D eigenvalue weighted by Crippen LogP contribution is 2.53. The summed E-state index contributed by atoms with van der Waals surface area (Å²) in [7, 11) is 0. The minimum atomic E-state index is -0.909. The van der Waals surface area contributed by atoms with Crippen molar-refractivity contribution in [3.8, 4) is 5.75 Å². The van der Waals surface area contributed by atoms with Crippen molar-refractivity contribution in [1.82, 2.24) is 0 Å². The second kappa shape index (κ2) is 9.57. The van der Waals surface area contributed by atoms with Crippen molar-refractivity contribution in [2.45, 2.75) is 106 Å². The molecule has 6 heteroatoms. The van der Waals surface area contributed by atoms with E-state index in [1.807, 2.05) is 12.2 Å². The molecule has 2 aromatic rings. The van der Waals surface area contributed by atoms with E-state index in [-0.39, 0.29) is 22.3 Å². The van der Waals surface area contributed by atoms with E-state index < -0.39 is 27.4 Å². The summed E-state index contributed by atoms with van der Waals surface area (Å²) in [5.41, 5.74) is 3.36. The zero-order chi connectivity index (χ0) is 30.9. The molecule has 220 valence electrons. The number of allylic oxidation sites excluding steroid dienone is 2. The molecular formula is C35H46N2O4. The molecule has 0 unspecified atom stereocenters. The number of ketones is 1. The molecule has 0 radical (unpaired) electrons. The van der Waals surface area contributed by atoms with Gasteiger partial charge in [0.1, 0.15) is 11.3 Å². The van der Waals surface area contributed by atoms with Gasteiger partial charge in [0.05, 0.1) is 10.6 Å². The molecule has 1 aliphatic heterocycles. The maximum atomic E-state index is 13.9. The van der Waals surface area contributed by atoms with Gasteiger partial charge in [-0.25, -0.2) is 0 Å². The summed E-state index contributed by atoms with van der Waals surface area (Å²) in [5.74, 6) is 0.817. The molecule has 4 rings (SSSR count). The van der Waals surface area contributed by atoms with E-state index in [2.05, 4.69) is 101 Å². The van der Waals surface area contributed by atoms with Crippen molar-refractivity contribution >= 4 is 17.2 Å². The highest BCUT2D eigenvalue weighted by Gasteiger charge is 2.50. The quantitative estimate of drug-likeness (QED) is 0.294. The van der Waals surface area contributed by atoms with E-state index >= 15 is 0 Å². The van der Waals surface area contributed by atoms with Crippen LogP contribution in [-0.2, 0) is 15.6 Å². The lowest BCUT2D eigenvalue weighted by Gasteiger charge is -2.48. The molecule has 0 fully saturated rings. The number of fused-ring (bicyclic) bond motifs is 1. The Morgan fingerprint density at radius 3 is 1.71 bits per heavy atom. The highest BCUT2D eigenvalue weighted by molar-refractivity contribution is 6.11. The van der Waals surface area contributed by atoms with Crippen LogP contribution in [0.2, 0.25) is 0 Å². The van der Waals surface area contributed by atoms with E-state index in [1.165, 1.54) is 17.7 Å². The Balaban J connectivity index is 2.09. The summed E-state index contributed by atoms with van der Waals surface area (Å²) >= 11 is 0. The maximum absolute atomic E-state index is 13.9. The summed E-state index contributed by atoms with van der Waals surface area (Å²) in [6, 6.07) is 11.0. The molecule has 1 heterocycles. The van der Waals surface area contributed by atoms with Gasteiger partial charge in [0.2, 0.25) is 0 Å². The molecule has 6 nitrogen and oxygen atoms in total. The molecule has 0 saturated heterocycles. The molecule has 1 atom stereocenters. The van der Waals surface area contributed by atoms with Crippen LogP contribution in [-0.4, -0.2) is 16.2 Å². The number of hydrogen-bond acceptors (Lipinski definition) is 5. The molecule has 0 amide bonds. The molecule has 1 aliphatic carbocycles. The van der Waals surface area contributed by atoms with Crippen LogP contribution in [0.5, 0.6) is 5.75 Å². The van der Waals surface area contributed by atoms with Crippen molar-refractivity contribution in [3.63, 3.8) is 0 Å². The fourth-order valence-corrected chi connectivity index (χ4v) is 5.60. The zero-order valence-corrected chi connectivity index (χ0v) is 26.8. The number of rotatable bonds is 2. The number of nitro groups is 1. The van der Waals surface area contributed by atoms with E-state index in [0.717, 1.165) is 33.7 Å². The third-order valence-electron chi connectivity index (χ3n) is 8.06. The number of nitrogens with zero attached hydrogens (tertiary/aromatic N) is 1. The van der Waals surface area contributed by atoms with Crippen LogP contribution < -0.4 is 10.1 Å². The van der Waals surface area contributed by atoms with Crippen LogP contribution in [0, 0.1) is 20.9 Å². The Labute approximate surface area is 245 Å². The number of hydrogen-bond donors (Lipinski definition) is 1. The predicted octanol–water partition coefficient (Wildman–Crippen LogP) is 9.00. The Hall–Kier alpha value is -3.41. The van der Waals surface area contributed by atoms with E-state index in [4.69, 9.17) is 4.74 Å². The lowest BCUT2D eigenvalue weighted by Crippen LogP contribution is -2.50. The molecule has 41 heavy (non-hydrogen) atoms. The molecule has 0 aromatic heterocycles. The Bertz CT molecular complexity index is 1420. The molecular weight excluding hydrogens is 512 g/mol. The van der Waals surface area contributed by atoms with Crippen molar-refractivity contribution in [3.05, 3.63) is 86.5 Å². The van der Waals surface area contributed by atoms with Crippen LogP contribution in [0.1, 0.15) is 106 Å². The lowest BCUT2D eigenvalue weighted by atomic mass is 9.66. The minimum Gasteiger partial charge on any atom is -0.480 e. The van der Waals surface area contributed by atoms with Gasteiger partial charge in [-0.15, -0.1) is 0 Å². The first-order chi connectivity index (χ1) is 18.5. The first-order valence-corrected chi connectivity index (χ1v) is 14.4. The molecule has 2 aliphatic rings. The average Bonchev–Trinajstić information content (AvgIpc) is 2.81. The number of Topliss-reactive ketones (excluding diaryl/α,β-unsaturated/α-hetero) is 1. The molecule has 1 N–H and O–H groups in total. The topological polar surface area (TPSA) is 81.5 Å². The number of anilines is 1. The van der Waals surface area contributed by atoms with Crippen LogP contribution in [0.25, 0.3) is 0 Å². The average molecular weight is 559 g/mol. The molecule has 1 spiro atoms. The smallest absolute Gasteiger partial charge is 0.269 e. The largest absolute Gasteiger partial charge is 0.480 e. The van der Waals surface area contributed by atoms with E-state index in [0.29, 0.717) is 0 Å². The van der Waals surface area contributed by atoms with Crippen LogP contribution in [0.15, 0.2) is 59.7 Å². The molecule has 2 aromatic carbocycles. The second-order valence-electron chi connectivity index (χ2n) is 15.8. The summed E-state index contributed by atoms with van der Waals surface area (Å²) in [5, 5.41) is 15.3. The summed E-state index contributed by atoms with van der Waals surface area (Å²) in [6.45, 7) is 25.5. The zero-order valence-electron chi connectivity index (χ0n) is 26.8. The van der Waals surface area contributed by atoms with Gasteiger partial charge in [0.25, 0.3) is 5.69 Å². The lowest BCUT2D eigenvalue weighted by molar-refractivity contribution is -0.384. The van der Waals surface area contributed by atoms with Crippen LogP contribution >= 0.6 is 0 Å². The van der Waals surface area contributed by atoms with Gasteiger partial charge in [0, 0.05) is 28.8 Å². The first kappa shape index (κ1) is 30.5. The molecule has 0 saturated carbocycles.